The molecule has 2 aromatic rings. The number of piperazine rings is 1. The van der Waals surface area contributed by atoms with Gasteiger partial charge in [0.1, 0.15) is 6.54 Å². The molecule has 0 unspecified atom stereocenters. The Balaban J connectivity index is 1.45. The Morgan fingerprint density at radius 1 is 0.969 bits per heavy atom. The molecule has 32 heavy (non-hydrogen) atoms. The van der Waals surface area contributed by atoms with Crippen LogP contribution in [0.5, 0.6) is 0 Å². The van der Waals surface area contributed by atoms with E-state index in [4.69, 9.17) is 4.74 Å². The molecule has 2 N–H and O–H groups in total. The third-order valence-electron chi connectivity index (χ3n) is 5.42. The molecule has 0 aromatic heterocycles. The summed E-state index contributed by atoms with van der Waals surface area (Å²) in [5.74, 6) is -0.318. The van der Waals surface area contributed by atoms with Crippen molar-refractivity contribution in [1.82, 2.24) is 10.2 Å². The Kier molecular flexibility index (Phi) is 8.08. The van der Waals surface area contributed by atoms with Crippen LogP contribution < -0.4 is 15.5 Å². The molecule has 0 spiro atoms. The Bertz CT molecular complexity index is 937. The minimum atomic E-state index is -0.477. The fourth-order valence-corrected chi connectivity index (χ4v) is 3.59. The normalized spacial score (nSPS) is 13.4. The molecule has 8 heteroatoms. The average molecular weight is 439 g/mol. The molecule has 3 rings (SSSR count). The van der Waals surface area contributed by atoms with E-state index in [1.54, 1.807) is 6.92 Å². The van der Waals surface area contributed by atoms with E-state index in [9.17, 15) is 14.4 Å². The molecule has 170 valence electrons. The van der Waals surface area contributed by atoms with E-state index in [0.717, 1.165) is 29.9 Å². The second kappa shape index (κ2) is 11.2. The molecular weight excluding hydrogens is 408 g/mol. The van der Waals surface area contributed by atoms with Gasteiger partial charge < -0.3 is 25.2 Å². The van der Waals surface area contributed by atoms with Crippen LogP contribution in [-0.4, -0.2) is 62.1 Å². The number of hydrogen-bond donors (Lipinski definition) is 2. The number of carbonyl (C=O) groups is 3. The molecular formula is C24H30N4O4. The lowest BCUT2D eigenvalue weighted by Gasteiger charge is -2.36. The smallest absolute Gasteiger partial charge is 0.325 e. The van der Waals surface area contributed by atoms with Crippen LogP contribution in [0.25, 0.3) is 0 Å². The summed E-state index contributed by atoms with van der Waals surface area (Å²) in [6.07, 6.45) is 0.436. The molecule has 3 amide bonds. The maximum Gasteiger partial charge on any atom is 0.325 e. The number of urea groups is 1. The fraction of sp³-hybridized carbons (Fsp3) is 0.375. The lowest BCUT2D eigenvalue weighted by atomic mass is 10.1. The number of hydrogen-bond acceptors (Lipinski definition) is 5. The van der Waals surface area contributed by atoms with Crippen molar-refractivity contribution in [1.29, 1.82) is 0 Å². The van der Waals surface area contributed by atoms with Crippen molar-refractivity contribution in [3.05, 3.63) is 59.7 Å². The molecule has 0 saturated carbocycles. The minimum absolute atomic E-state index is 0.160. The highest BCUT2D eigenvalue weighted by atomic mass is 16.5. The molecule has 0 aliphatic carbocycles. The van der Waals surface area contributed by atoms with Gasteiger partial charge in [-0.15, -0.1) is 0 Å². The zero-order chi connectivity index (χ0) is 22.9. The first kappa shape index (κ1) is 23.1. The third kappa shape index (κ3) is 6.47. The van der Waals surface area contributed by atoms with Crippen LogP contribution >= 0.6 is 0 Å². The van der Waals surface area contributed by atoms with Crippen molar-refractivity contribution >= 4 is 29.3 Å². The Morgan fingerprint density at radius 2 is 1.66 bits per heavy atom. The second-order valence-electron chi connectivity index (χ2n) is 7.63. The van der Waals surface area contributed by atoms with Gasteiger partial charge in [-0.2, -0.15) is 0 Å². The van der Waals surface area contributed by atoms with Gasteiger partial charge in [0.05, 0.1) is 13.0 Å². The lowest BCUT2D eigenvalue weighted by molar-refractivity contribution is -0.141. The van der Waals surface area contributed by atoms with E-state index >= 15 is 0 Å². The number of benzene rings is 2. The largest absolute Gasteiger partial charge is 0.465 e. The third-order valence-corrected chi connectivity index (χ3v) is 5.42. The highest BCUT2D eigenvalue weighted by molar-refractivity contribution is 5.91. The molecule has 0 bridgehead atoms. The van der Waals surface area contributed by atoms with Gasteiger partial charge in [0, 0.05) is 37.6 Å². The Labute approximate surface area is 188 Å². The second-order valence-corrected chi connectivity index (χ2v) is 7.63. The number of nitrogens with zero attached hydrogens (tertiary/aromatic N) is 2. The molecule has 1 heterocycles. The van der Waals surface area contributed by atoms with Crippen LogP contribution in [0.4, 0.5) is 16.2 Å². The molecule has 0 atom stereocenters. The number of amides is 3. The maximum atomic E-state index is 12.7. The summed E-state index contributed by atoms with van der Waals surface area (Å²) in [7, 11) is 0. The van der Waals surface area contributed by atoms with Crippen LogP contribution in [0.1, 0.15) is 18.1 Å². The molecule has 1 aliphatic heterocycles. The SMILES string of the molecule is CCOC(=O)CNC(=O)Nc1ccc(N2CCN(C(=O)Cc3ccccc3C)CC2)cc1. The van der Waals surface area contributed by atoms with E-state index in [2.05, 4.69) is 15.5 Å². The summed E-state index contributed by atoms with van der Waals surface area (Å²) in [6.45, 7) is 6.72. The first-order chi connectivity index (χ1) is 15.5. The topological polar surface area (TPSA) is 91.0 Å². The van der Waals surface area contributed by atoms with Gasteiger partial charge in [-0.25, -0.2) is 4.79 Å². The number of anilines is 2. The van der Waals surface area contributed by atoms with Gasteiger partial charge in [0.15, 0.2) is 0 Å². The number of carbonyl (C=O) groups excluding carboxylic acids is 3. The number of aryl methyl sites for hydroxylation is 1. The average Bonchev–Trinajstić information content (AvgIpc) is 2.80. The van der Waals surface area contributed by atoms with Crippen molar-refractivity contribution in [2.24, 2.45) is 0 Å². The Morgan fingerprint density at radius 3 is 2.31 bits per heavy atom. The van der Waals surface area contributed by atoms with E-state index in [0.29, 0.717) is 25.2 Å². The minimum Gasteiger partial charge on any atom is -0.465 e. The predicted octanol–water partition coefficient (Wildman–Crippen LogP) is 2.57. The molecule has 0 radical (unpaired) electrons. The number of ether oxygens (including phenoxy) is 1. The zero-order valence-corrected chi connectivity index (χ0v) is 18.6. The van der Waals surface area contributed by atoms with Crippen molar-refractivity contribution in [2.75, 3.05) is 49.5 Å². The van der Waals surface area contributed by atoms with Crippen LogP contribution in [0.3, 0.4) is 0 Å². The molecule has 1 saturated heterocycles. The van der Waals surface area contributed by atoms with Crippen molar-refractivity contribution in [3.8, 4) is 0 Å². The molecule has 8 nitrogen and oxygen atoms in total. The van der Waals surface area contributed by atoms with Crippen LogP contribution in [0.2, 0.25) is 0 Å². The molecule has 1 fully saturated rings. The zero-order valence-electron chi connectivity index (χ0n) is 18.6. The van der Waals surface area contributed by atoms with Gasteiger partial charge in [0.2, 0.25) is 5.91 Å². The summed E-state index contributed by atoms with van der Waals surface area (Å²) >= 11 is 0. The van der Waals surface area contributed by atoms with E-state index in [1.807, 2.05) is 60.4 Å². The van der Waals surface area contributed by atoms with Crippen LogP contribution in [0.15, 0.2) is 48.5 Å². The van der Waals surface area contributed by atoms with Gasteiger partial charge in [0.25, 0.3) is 0 Å². The van der Waals surface area contributed by atoms with Crippen molar-refractivity contribution in [3.63, 3.8) is 0 Å². The van der Waals surface area contributed by atoms with Crippen molar-refractivity contribution < 1.29 is 19.1 Å². The van der Waals surface area contributed by atoms with Gasteiger partial charge in [-0.1, -0.05) is 24.3 Å². The van der Waals surface area contributed by atoms with Crippen molar-refractivity contribution in [2.45, 2.75) is 20.3 Å². The standard InChI is InChI=1S/C24H30N4O4/c1-3-32-23(30)17-25-24(31)26-20-8-10-21(11-9-20)27-12-14-28(15-13-27)22(29)16-19-7-5-4-6-18(19)2/h4-11H,3,12-17H2,1-2H3,(H2,25,26,31). The monoisotopic (exact) mass is 438 g/mol. The molecule has 2 aromatic carbocycles. The fourth-order valence-electron chi connectivity index (χ4n) is 3.59. The number of rotatable bonds is 7. The quantitative estimate of drug-likeness (QED) is 0.649. The van der Waals surface area contributed by atoms with Crippen LogP contribution in [-0.2, 0) is 20.7 Å². The Hall–Kier alpha value is -3.55. The van der Waals surface area contributed by atoms with Gasteiger partial charge in [-0.3, -0.25) is 9.59 Å². The van der Waals surface area contributed by atoms with E-state index in [-0.39, 0.29) is 19.1 Å². The van der Waals surface area contributed by atoms with E-state index < -0.39 is 12.0 Å². The van der Waals surface area contributed by atoms with Crippen LogP contribution in [0, 0.1) is 6.92 Å². The first-order valence-corrected chi connectivity index (χ1v) is 10.8. The summed E-state index contributed by atoms with van der Waals surface area (Å²) < 4.78 is 4.77. The summed E-state index contributed by atoms with van der Waals surface area (Å²) in [5, 5.41) is 5.15. The van der Waals surface area contributed by atoms with E-state index in [1.165, 1.54) is 0 Å². The van der Waals surface area contributed by atoms with Gasteiger partial charge >= 0.3 is 12.0 Å². The predicted molar refractivity (Wildman–Crippen MR) is 124 cm³/mol. The summed E-state index contributed by atoms with van der Waals surface area (Å²) in [4.78, 5) is 40.0. The highest BCUT2D eigenvalue weighted by Crippen LogP contribution is 2.20. The lowest BCUT2D eigenvalue weighted by Crippen LogP contribution is -2.49. The van der Waals surface area contributed by atoms with Gasteiger partial charge in [-0.05, 0) is 49.2 Å². The summed E-state index contributed by atoms with van der Waals surface area (Å²) in [5.41, 5.74) is 3.88. The maximum absolute atomic E-state index is 12.7. The highest BCUT2D eigenvalue weighted by Gasteiger charge is 2.21. The number of nitrogens with one attached hydrogen (secondary N) is 2. The summed E-state index contributed by atoms with van der Waals surface area (Å²) in [6, 6.07) is 15.0. The molecule has 1 aliphatic rings. The first-order valence-electron chi connectivity index (χ1n) is 10.8. The number of esters is 1.